The highest BCUT2D eigenvalue weighted by Crippen LogP contribution is 2.31. The van der Waals surface area contributed by atoms with Crippen LogP contribution < -0.4 is 30.7 Å². The molecule has 6 aromatic rings. The maximum absolute atomic E-state index is 13.2. The molecule has 4 aromatic carbocycles. The number of nitrogens with zero attached hydrogens (tertiary/aromatic N) is 2. The molecule has 14 nitrogen and oxygen atoms in total. The zero-order valence-corrected chi connectivity index (χ0v) is 44.3. The van der Waals surface area contributed by atoms with Crippen LogP contribution in [0.2, 0.25) is 0 Å². The number of carbonyl (C=O) groups excluding carboxylic acids is 2. The van der Waals surface area contributed by atoms with Crippen LogP contribution in [0.1, 0.15) is 92.6 Å². The van der Waals surface area contributed by atoms with Gasteiger partial charge in [0.25, 0.3) is 31.9 Å². The second kappa shape index (κ2) is 24.3. The number of nitrogens with one attached hydrogen (secondary N) is 4. The fourth-order valence-electron chi connectivity index (χ4n) is 9.25. The first kappa shape index (κ1) is 52.6. The van der Waals surface area contributed by atoms with Gasteiger partial charge in [-0.2, -0.15) is 8.61 Å². The van der Waals surface area contributed by atoms with Crippen LogP contribution in [-0.4, -0.2) is 89.7 Å². The minimum absolute atomic E-state index is 0.232. The Hall–Kier alpha value is -5.76. The average molecular weight is 1050 g/mol. The van der Waals surface area contributed by atoms with Gasteiger partial charge in [-0.1, -0.05) is 49.7 Å². The van der Waals surface area contributed by atoms with Gasteiger partial charge >= 0.3 is 0 Å². The first-order valence-electron chi connectivity index (χ1n) is 24.6. The molecular formula is C54H64N6O8S4. The zero-order chi connectivity index (χ0) is 50.7. The van der Waals surface area contributed by atoms with Crippen LogP contribution in [-0.2, 0) is 52.4 Å². The molecule has 1 aliphatic carbocycles. The minimum atomic E-state index is -3.56. The van der Waals surface area contributed by atoms with Gasteiger partial charge in [0.2, 0.25) is 0 Å². The number of thiophene rings is 2. The van der Waals surface area contributed by atoms with E-state index in [1.54, 1.807) is 95.6 Å². The van der Waals surface area contributed by atoms with Crippen molar-refractivity contribution in [2.45, 2.75) is 98.3 Å². The summed E-state index contributed by atoms with van der Waals surface area (Å²) in [5.74, 6) is 0.751. The highest BCUT2D eigenvalue weighted by Gasteiger charge is 2.32. The fourth-order valence-corrected chi connectivity index (χ4v) is 15.1. The van der Waals surface area contributed by atoms with Gasteiger partial charge < -0.3 is 30.7 Å². The van der Waals surface area contributed by atoms with Crippen LogP contribution in [0.25, 0.3) is 0 Å². The van der Waals surface area contributed by atoms with Crippen LogP contribution >= 0.6 is 22.7 Å². The van der Waals surface area contributed by atoms with Gasteiger partial charge in [0.15, 0.2) is 0 Å². The van der Waals surface area contributed by atoms with Gasteiger partial charge in [0.05, 0.1) is 27.3 Å². The number of sulfonamides is 2. The Kier molecular flexibility index (Phi) is 17.7. The summed E-state index contributed by atoms with van der Waals surface area (Å²) in [6.45, 7) is 4.65. The molecule has 3 aliphatic rings. The van der Waals surface area contributed by atoms with E-state index in [0.29, 0.717) is 57.2 Å². The number of rotatable bonds is 18. The molecule has 72 heavy (non-hydrogen) atoms. The van der Waals surface area contributed by atoms with Gasteiger partial charge in [0, 0.05) is 70.5 Å². The van der Waals surface area contributed by atoms with E-state index in [2.05, 4.69) is 64.6 Å². The normalized spacial score (nSPS) is 15.7. The Morgan fingerprint density at radius 3 is 1.64 bits per heavy atom. The van der Waals surface area contributed by atoms with Crippen molar-refractivity contribution >= 4 is 65.9 Å². The summed E-state index contributed by atoms with van der Waals surface area (Å²) in [4.78, 5) is 26.5. The number of amides is 2. The van der Waals surface area contributed by atoms with Crippen LogP contribution in [0.15, 0.2) is 124 Å². The Morgan fingerprint density at radius 1 is 0.597 bits per heavy atom. The van der Waals surface area contributed by atoms with E-state index in [-0.39, 0.29) is 37.0 Å². The minimum Gasteiger partial charge on any atom is -0.497 e. The number of carbonyl (C=O) groups is 2. The molecule has 4 heterocycles. The molecule has 382 valence electrons. The maximum atomic E-state index is 13.2. The maximum Gasteiger partial charge on any atom is 0.252 e. The summed E-state index contributed by atoms with van der Waals surface area (Å²) < 4.78 is 67.1. The third-order valence-electron chi connectivity index (χ3n) is 13.2. The monoisotopic (exact) mass is 1050 g/mol. The second-order valence-electron chi connectivity index (χ2n) is 18.2. The molecule has 2 fully saturated rings. The Balaban J connectivity index is 0.000000193. The van der Waals surface area contributed by atoms with Crippen molar-refractivity contribution in [2.24, 2.45) is 0 Å². The summed E-state index contributed by atoms with van der Waals surface area (Å²) in [7, 11) is -4.00. The van der Waals surface area contributed by atoms with Crippen LogP contribution in [0, 0.1) is 0 Å². The van der Waals surface area contributed by atoms with Crippen molar-refractivity contribution in [3.8, 4) is 11.5 Å². The summed E-state index contributed by atoms with van der Waals surface area (Å²) >= 11 is 2.41. The molecule has 0 spiro atoms. The van der Waals surface area contributed by atoms with Gasteiger partial charge in [-0.25, -0.2) is 16.8 Å². The van der Waals surface area contributed by atoms with E-state index >= 15 is 0 Å². The van der Waals surface area contributed by atoms with Crippen molar-refractivity contribution in [3.63, 3.8) is 0 Å². The zero-order valence-electron chi connectivity index (χ0n) is 41.0. The topological polar surface area (TPSA) is 175 Å². The van der Waals surface area contributed by atoms with Crippen molar-refractivity contribution in [3.05, 3.63) is 153 Å². The van der Waals surface area contributed by atoms with Gasteiger partial charge in [-0.3, -0.25) is 9.59 Å². The molecule has 4 N–H and O–H groups in total. The van der Waals surface area contributed by atoms with Gasteiger partial charge in [0.1, 0.15) is 19.9 Å². The molecule has 0 atom stereocenters. The fraction of sp³-hybridized carbons (Fsp3) is 0.370. The van der Waals surface area contributed by atoms with Crippen LogP contribution in [0.5, 0.6) is 11.5 Å². The number of anilines is 2. The molecule has 2 amide bonds. The van der Waals surface area contributed by atoms with E-state index in [4.69, 9.17) is 9.47 Å². The number of hydrogen-bond donors (Lipinski definition) is 4. The van der Waals surface area contributed by atoms with E-state index in [9.17, 15) is 26.4 Å². The number of methoxy groups -OCH3 is 2. The lowest BCUT2D eigenvalue weighted by molar-refractivity contribution is 0.0943. The molecule has 0 radical (unpaired) electrons. The Bertz CT molecular complexity index is 3030. The number of benzene rings is 4. The SMILES string of the molecule is CCCc1ccccc1NC1CCN(S(=O)(=O)c2ccc(CNC(=O)c3cccc(OC)c3)s2)CC1.COc1cccc(C(=O)NCc2ccc(S(=O)(=O)N3CCC(Nc4ccc5c(c4)CCC5)CC3)s2)c1. The number of fused-ring (bicyclic) bond motifs is 1. The molecule has 2 aliphatic heterocycles. The third kappa shape index (κ3) is 13.3. The molecule has 2 aromatic heterocycles. The lowest BCUT2D eigenvalue weighted by atomic mass is 10.0. The van der Waals surface area contributed by atoms with E-state index in [1.807, 2.05) is 6.07 Å². The van der Waals surface area contributed by atoms with Crippen LogP contribution in [0.4, 0.5) is 11.4 Å². The average Bonchev–Trinajstić information content (AvgIpc) is 4.21. The van der Waals surface area contributed by atoms with Crippen molar-refractivity contribution in [1.82, 2.24) is 19.2 Å². The van der Waals surface area contributed by atoms with E-state index in [1.165, 1.54) is 52.2 Å². The first-order chi connectivity index (χ1) is 34.8. The summed E-state index contributed by atoms with van der Waals surface area (Å²) in [5.41, 5.74) is 7.47. The largest absolute Gasteiger partial charge is 0.497 e. The lowest BCUT2D eigenvalue weighted by Gasteiger charge is -2.32. The molecule has 9 rings (SSSR count). The number of piperidine rings is 2. The van der Waals surface area contributed by atoms with Gasteiger partial charge in [-0.15, -0.1) is 22.7 Å². The summed E-state index contributed by atoms with van der Waals surface area (Å²) in [6, 6.07) is 36.1. The van der Waals surface area contributed by atoms with Gasteiger partial charge in [-0.05, 0) is 147 Å². The van der Waals surface area contributed by atoms with Crippen molar-refractivity contribution < 1.29 is 35.9 Å². The number of aryl methyl sites for hydroxylation is 3. The van der Waals surface area contributed by atoms with Crippen molar-refractivity contribution in [2.75, 3.05) is 51.0 Å². The quantitative estimate of drug-likeness (QED) is 0.0649. The second-order valence-corrected chi connectivity index (χ2v) is 24.8. The smallest absolute Gasteiger partial charge is 0.252 e. The molecule has 2 saturated heterocycles. The van der Waals surface area contributed by atoms with Crippen molar-refractivity contribution in [1.29, 1.82) is 0 Å². The Morgan fingerprint density at radius 2 is 1.11 bits per heavy atom. The summed E-state index contributed by atoms with van der Waals surface area (Å²) in [6.07, 6.45) is 8.72. The molecule has 0 unspecified atom stereocenters. The molecular weight excluding hydrogens is 989 g/mol. The molecule has 18 heteroatoms. The lowest BCUT2D eigenvalue weighted by Crippen LogP contribution is -2.42. The predicted molar refractivity (Wildman–Crippen MR) is 287 cm³/mol. The molecule has 0 saturated carbocycles. The Labute approximate surface area is 432 Å². The molecule has 0 bridgehead atoms. The van der Waals surface area contributed by atoms with E-state index in [0.717, 1.165) is 66.1 Å². The van der Waals surface area contributed by atoms with Crippen LogP contribution in [0.3, 0.4) is 0 Å². The number of ether oxygens (including phenoxy) is 2. The first-order valence-corrected chi connectivity index (χ1v) is 29.1. The third-order valence-corrected chi connectivity index (χ3v) is 20.1. The number of hydrogen-bond acceptors (Lipinski definition) is 12. The highest BCUT2D eigenvalue weighted by molar-refractivity contribution is 7.91. The standard InChI is InChI=1S/C27H31N3O4S2.C27H33N3O4S2/c1-34-24-7-3-6-21(17-24)27(31)28-18-25-10-11-26(35-25)36(32,33)30-14-12-22(13-15-30)29-23-9-8-19-4-2-5-20(19)16-23;1-3-7-20-8-4-5-11-25(20)29-22-14-16-30(17-15-22)36(32,33)26-13-12-24(35-26)19-28-27(31)21-9-6-10-23(18-21)34-2/h3,6-11,16-17,22,29H,2,4-5,12-15,18H2,1H3,(H,28,31);4-6,8-13,18,22,29H,3,7,14-17,19H2,1-2H3,(H,28,31). The highest BCUT2D eigenvalue weighted by atomic mass is 32.3. The van der Waals surface area contributed by atoms with E-state index < -0.39 is 20.0 Å². The predicted octanol–water partition coefficient (Wildman–Crippen LogP) is 9.35. The number of para-hydroxylation sites is 1. The summed E-state index contributed by atoms with van der Waals surface area (Å²) in [5, 5.41) is 12.9.